The van der Waals surface area contributed by atoms with Crippen LogP contribution in [0.25, 0.3) is 0 Å². The van der Waals surface area contributed by atoms with Crippen molar-refractivity contribution >= 4 is 27.7 Å². The van der Waals surface area contributed by atoms with E-state index in [1.54, 1.807) is 0 Å². The second-order valence-electron chi connectivity index (χ2n) is 7.95. The summed E-state index contributed by atoms with van der Waals surface area (Å²) in [4.78, 5) is 18.2. The molecule has 0 unspecified atom stereocenters. The van der Waals surface area contributed by atoms with Gasteiger partial charge in [-0.15, -0.1) is 0 Å². The zero-order chi connectivity index (χ0) is 22.4. The summed E-state index contributed by atoms with van der Waals surface area (Å²) in [5.74, 6) is 1.01. The number of aliphatic imine (C=N–C) groups is 1. The van der Waals surface area contributed by atoms with E-state index in [1.165, 1.54) is 0 Å². The van der Waals surface area contributed by atoms with Gasteiger partial charge in [0, 0.05) is 35.5 Å². The standard InChI is InChI=1S/C24H29BrN2O4/c1-16(2)26-23(29)24(15-19-7-4-5-8-21(19)25)17(3)31-22(27-24)18-9-11-20(12-10-18)30-14-6-13-28/h4-5,7-12,16-17,28H,6,13-15H2,1-3H3,(H,26,29)/t17-,24-/m1/s1. The van der Waals surface area contributed by atoms with Gasteiger partial charge in [0.2, 0.25) is 5.90 Å². The number of hydrogen-bond acceptors (Lipinski definition) is 5. The normalized spacial score (nSPS) is 20.3. The topological polar surface area (TPSA) is 80.2 Å². The summed E-state index contributed by atoms with van der Waals surface area (Å²) in [6, 6.07) is 15.3. The molecule has 0 bridgehead atoms. The molecule has 1 amide bonds. The van der Waals surface area contributed by atoms with E-state index in [9.17, 15) is 4.79 Å². The average molecular weight is 489 g/mol. The molecule has 2 atom stereocenters. The van der Waals surface area contributed by atoms with E-state index in [-0.39, 0.29) is 18.6 Å². The molecule has 1 aliphatic rings. The highest BCUT2D eigenvalue weighted by Crippen LogP contribution is 2.34. The molecular formula is C24H29BrN2O4. The fraction of sp³-hybridized carbons (Fsp3) is 0.417. The predicted molar refractivity (Wildman–Crippen MR) is 125 cm³/mol. The van der Waals surface area contributed by atoms with E-state index < -0.39 is 11.6 Å². The number of nitrogens with zero attached hydrogens (tertiary/aromatic N) is 1. The number of rotatable bonds is 9. The molecule has 1 aliphatic heterocycles. The molecule has 0 fully saturated rings. The van der Waals surface area contributed by atoms with Crippen LogP contribution >= 0.6 is 15.9 Å². The van der Waals surface area contributed by atoms with Crippen molar-refractivity contribution in [3.05, 3.63) is 64.1 Å². The maximum atomic E-state index is 13.3. The molecule has 0 aromatic heterocycles. The first-order valence-corrected chi connectivity index (χ1v) is 11.3. The Kier molecular flexibility index (Phi) is 7.73. The molecule has 2 aromatic carbocycles. The molecule has 1 heterocycles. The lowest BCUT2D eigenvalue weighted by Crippen LogP contribution is -2.54. The highest BCUT2D eigenvalue weighted by Gasteiger charge is 2.50. The molecule has 31 heavy (non-hydrogen) atoms. The second-order valence-corrected chi connectivity index (χ2v) is 8.80. The minimum atomic E-state index is -1.07. The van der Waals surface area contributed by atoms with Gasteiger partial charge in [0.15, 0.2) is 5.54 Å². The van der Waals surface area contributed by atoms with Crippen LogP contribution < -0.4 is 10.1 Å². The Morgan fingerprint density at radius 2 is 1.97 bits per heavy atom. The summed E-state index contributed by atoms with van der Waals surface area (Å²) in [5.41, 5.74) is 0.710. The zero-order valence-corrected chi connectivity index (χ0v) is 19.7. The lowest BCUT2D eigenvalue weighted by molar-refractivity contribution is -0.128. The van der Waals surface area contributed by atoms with Crippen molar-refractivity contribution in [2.45, 2.75) is 51.3 Å². The van der Waals surface area contributed by atoms with Crippen molar-refractivity contribution in [3.63, 3.8) is 0 Å². The van der Waals surface area contributed by atoms with Crippen LogP contribution in [-0.2, 0) is 16.0 Å². The quantitative estimate of drug-likeness (QED) is 0.524. The van der Waals surface area contributed by atoms with Gasteiger partial charge in [0.1, 0.15) is 11.9 Å². The summed E-state index contributed by atoms with van der Waals surface area (Å²) in [6.45, 7) is 6.31. The summed E-state index contributed by atoms with van der Waals surface area (Å²) in [7, 11) is 0. The molecule has 2 aromatic rings. The highest BCUT2D eigenvalue weighted by molar-refractivity contribution is 9.10. The third kappa shape index (κ3) is 5.46. The first-order valence-electron chi connectivity index (χ1n) is 10.5. The number of aliphatic hydroxyl groups is 1. The summed E-state index contributed by atoms with van der Waals surface area (Å²) in [6.07, 6.45) is 0.561. The van der Waals surface area contributed by atoms with Crippen LogP contribution in [0.15, 0.2) is 58.0 Å². The smallest absolute Gasteiger partial charge is 0.252 e. The van der Waals surface area contributed by atoms with E-state index in [2.05, 4.69) is 21.2 Å². The third-order valence-electron chi connectivity index (χ3n) is 5.17. The molecule has 0 aliphatic carbocycles. The number of carbonyl (C=O) groups is 1. The highest BCUT2D eigenvalue weighted by atomic mass is 79.9. The van der Waals surface area contributed by atoms with E-state index in [1.807, 2.05) is 69.3 Å². The van der Waals surface area contributed by atoms with Crippen LogP contribution in [-0.4, -0.2) is 47.8 Å². The number of halogens is 1. The van der Waals surface area contributed by atoms with Gasteiger partial charge in [-0.25, -0.2) is 4.99 Å². The van der Waals surface area contributed by atoms with Crippen LogP contribution in [0.2, 0.25) is 0 Å². The molecule has 3 rings (SSSR count). The van der Waals surface area contributed by atoms with E-state index >= 15 is 0 Å². The summed E-state index contributed by atoms with van der Waals surface area (Å²) in [5, 5.41) is 11.9. The molecule has 7 heteroatoms. The monoisotopic (exact) mass is 488 g/mol. The van der Waals surface area contributed by atoms with Crippen LogP contribution in [0.4, 0.5) is 0 Å². The van der Waals surface area contributed by atoms with Gasteiger partial charge in [-0.05, 0) is 56.7 Å². The van der Waals surface area contributed by atoms with Crippen molar-refractivity contribution in [2.75, 3.05) is 13.2 Å². The molecule has 0 saturated carbocycles. The van der Waals surface area contributed by atoms with E-state index in [0.29, 0.717) is 31.1 Å². The number of aliphatic hydroxyl groups excluding tert-OH is 1. The van der Waals surface area contributed by atoms with Crippen LogP contribution in [0.3, 0.4) is 0 Å². The number of amides is 1. The first-order chi connectivity index (χ1) is 14.9. The van der Waals surface area contributed by atoms with Gasteiger partial charge < -0.3 is 19.9 Å². The van der Waals surface area contributed by atoms with Gasteiger partial charge in [-0.3, -0.25) is 4.79 Å². The van der Waals surface area contributed by atoms with Gasteiger partial charge in [-0.1, -0.05) is 34.1 Å². The number of carbonyl (C=O) groups excluding carboxylic acids is 1. The minimum absolute atomic E-state index is 0.00890. The fourth-order valence-electron chi connectivity index (χ4n) is 3.46. The summed E-state index contributed by atoms with van der Waals surface area (Å²) < 4.78 is 12.6. The number of nitrogens with one attached hydrogen (secondary N) is 1. The minimum Gasteiger partial charge on any atom is -0.494 e. The Bertz CT molecular complexity index is 929. The number of benzene rings is 2. The Labute approximate surface area is 191 Å². The molecule has 166 valence electrons. The Morgan fingerprint density at radius 1 is 1.26 bits per heavy atom. The molecular weight excluding hydrogens is 460 g/mol. The van der Waals surface area contributed by atoms with Crippen LogP contribution in [0.5, 0.6) is 5.75 Å². The van der Waals surface area contributed by atoms with E-state index in [0.717, 1.165) is 15.6 Å². The number of ether oxygens (including phenoxy) is 2. The van der Waals surface area contributed by atoms with Crippen molar-refractivity contribution in [3.8, 4) is 5.75 Å². The lowest BCUT2D eigenvalue weighted by atomic mass is 9.85. The third-order valence-corrected chi connectivity index (χ3v) is 5.94. The fourth-order valence-corrected chi connectivity index (χ4v) is 3.89. The van der Waals surface area contributed by atoms with Crippen molar-refractivity contribution in [1.29, 1.82) is 0 Å². The number of hydrogen-bond donors (Lipinski definition) is 2. The molecule has 0 spiro atoms. The Morgan fingerprint density at radius 3 is 2.61 bits per heavy atom. The lowest BCUT2D eigenvalue weighted by Gasteiger charge is -2.29. The van der Waals surface area contributed by atoms with Crippen molar-refractivity contribution in [1.82, 2.24) is 5.32 Å². The van der Waals surface area contributed by atoms with Crippen LogP contribution in [0, 0.1) is 0 Å². The molecule has 0 radical (unpaired) electrons. The Hall–Kier alpha value is -2.38. The maximum Gasteiger partial charge on any atom is 0.252 e. The predicted octanol–water partition coefficient (Wildman–Crippen LogP) is 3.88. The first kappa shape index (κ1) is 23.3. The van der Waals surface area contributed by atoms with Gasteiger partial charge in [0.05, 0.1) is 6.61 Å². The second kappa shape index (κ2) is 10.3. The molecule has 6 nitrogen and oxygen atoms in total. The molecule has 2 N–H and O–H groups in total. The van der Waals surface area contributed by atoms with Gasteiger partial charge >= 0.3 is 0 Å². The SMILES string of the molecule is CC(C)NC(=O)[C@]1(Cc2ccccc2Br)N=C(c2ccc(OCCCO)cc2)O[C@@H]1C. The summed E-state index contributed by atoms with van der Waals surface area (Å²) >= 11 is 3.59. The van der Waals surface area contributed by atoms with Crippen LogP contribution in [0.1, 0.15) is 38.3 Å². The molecule has 0 saturated heterocycles. The van der Waals surface area contributed by atoms with Crippen molar-refractivity contribution < 1.29 is 19.4 Å². The van der Waals surface area contributed by atoms with Crippen molar-refractivity contribution in [2.24, 2.45) is 4.99 Å². The van der Waals surface area contributed by atoms with Gasteiger partial charge in [0.25, 0.3) is 5.91 Å². The zero-order valence-electron chi connectivity index (χ0n) is 18.1. The average Bonchev–Trinajstić information content (AvgIpc) is 3.07. The maximum absolute atomic E-state index is 13.3. The Balaban J connectivity index is 1.91. The largest absolute Gasteiger partial charge is 0.494 e. The van der Waals surface area contributed by atoms with Gasteiger partial charge in [-0.2, -0.15) is 0 Å². The van der Waals surface area contributed by atoms with E-state index in [4.69, 9.17) is 19.6 Å².